The Morgan fingerprint density at radius 2 is 2.40 bits per heavy atom. The Kier molecular flexibility index (Phi) is 3.91. The second kappa shape index (κ2) is 5.80. The van der Waals surface area contributed by atoms with Crippen LogP contribution in [0.15, 0.2) is 35.7 Å². The summed E-state index contributed by atoms with van der Waals surface area (Å²) in [6, 6.07) is 7.14. The number of carbonyl (C=O) groups excluding carboxylic acids is 1. The fraction of sp³-hybridized carbons (Fsp3) is 0.143. The molecule has 20 heavy (non-hydrogen) atoms. The largest absolute Gasteiger partial charge is 0.339 e. The Bertz CT molecular complexity index is 694. The molecule has 0 saturated carbocycles. The molecule has 0 aliphatic heterocycles. The van der Waals surface area contributed by atoms with Crippen molar-refractivity contribution in [2.75, 3.05) is 0 Å². The van der Waals surface area contributed by atoms with E-state index in [2.05, 4.69) is 21.6 Å². The van der Waals surface area contributed by atoms with Gasteiger partial charge in [-0.1, -0.05) is 0 Å². The third-order valence-electron chi connectivity index (χ3n) is 2.98. The van der Waals surface area contributed by atoms with Crippen molar-refractivity contribution in [3.05, 3.63) is 53.1 Å². The van der Waals surface area contributed by atoms with Crippen LogP contribution in [-0.2, 0) is 7.05 Å². The first-order valence-electron chi connectivity index (χ1n) is 5.93. The van der Waals surface area contributed by atoms with Gasteiger partial charge in [0, 0.05) is 30.7 Å². The first-order valence-corrected chi connectivity index (χ1v) is 5.93. The van der Waals surface area contributed by atoms with Crippen molar-refractivity contribution < 1.29 is 4.79 Å². The Hall–Kier alpha value is -2.94. The number of hydrazone groups is 1. The molecular formula is C14H13N5O. The summed E-state index contributed by atoms with van der Waals surface area (Å²) < 4.78 is 1.77. The zero-order chi connectivity index (χ0) is 14.5. The molecule has 0 fully saturated rings. The van der Waals surface area contributed by atoms with E-state index < -0.39 is 0 Å². The van der Waals surface area contributed by atoms with Gasteiger partial charge in [0.05, 0.1) is 11.8 Å². The number of rotatable bonds is 3. The molecule has 0 saturated heterocycles. The Balaban J connectivity index is 2.08. The highest BCUT2D eigenvalue weighted by molar-refractivity contribution is 5.94. The molecule has 6 nitrogen and oxygen atoms in total. The summed E-state index contributed by atoms with van der Waals surface area (Å²) in [4.78, 5) is 15.6. The van der Waals surface area contributed by atoms with Crippen LogP contribution in [0.2, 0.25) is 0 Å². The minimum Gasteiger partial charge on any atom is -0.339 e. The lowest BCUT2D eigenvalue weighted by Gasteiger charge is -1.99. The van der Waals surface area contributed by atoms with Gasteiger partial charge in [-0.15, -0.1) is 0 Å². The van der Waals surface area contributed by atoms with Crippen molar-refractivity contribution in [2.45, 2.75) is 6.92 Å². The number of hydrogen-bond donors (Lipinski definition) is 1. The van der Waals surface area contributed by atoms with Gasteiger partial charge >= 0.3 is 0 Å². The van der Waals surface area contributed by atoms with Crippen molar-refractivity contribution in [1.29, 1.82) is 5.26 Å². The average molecular weight is 267 g/mol. The van der Waals surface area contributed by atoms with Crippen molar-refractivity contribution >= 4 is 12.1 Å². The monoisotopic (exact) mass is 267 g/mol. The van der Waals surface area contributed by atoms with Crippen molar-refractivity contribution in [3.8, 4) is 6.07 Å². The second-order valence-corrected chi connectivity index (χ2v) is 4.18. The fourth-order valence-corrected chi connectivity index (χ4v) is 1.68. The molecule has 0 radical (unpaired) electrons. The second-order valence-electron chi connectivity index (χ2n) is 4.18. The average Bonchev–Trinajstić information content (AvgIpc) is 2.76. The zero-order valence-corrected chi connectivity index (χ0v) is 11.2. The van der Waals surface area contributed by atoms with Crippen LogP contribution in [0.3, 0.4) is 0 Å². The molecule has 0 aliphatic rings. The number of nitrogens with zero attached hydrogens (tertiary/aromatic N) is 4. The van der Waals surface area contributed by atoms with Crippen LogP contribution in [0.25, 0.3) is 0 Å². The van der Waals surface area contributed by atoms with Gasteiger partial charge in [0.2, 0.25) is 0 Å². The zero-order valence-electron chi connectivity index (χ0n) is 11.2. The van der Waals surface area contributed by atoms with Crippen LogP contribution in [0.5, 0.6) is 0 Å². The van der Waals surface area contributed by atoms with Gasteiger partial charge in [-0.3, -0.25) is 9.78 Å². The quantitative estimate of drug-likeness (QED) is 0.673. The number of pyridine rings is 1. The van der Waals surface area contributed by atoms with Gasteiger partial charge in [0.15, 0.2) is 0 Å². The summed E-state index contributed by atoms with van der Waals surface area (Å²) in [5.74, 6) is -0.330. The van der Waals surface area contributed by atoms with E-state index in [1.807, 2.05) is 6.92 Å². The van der Waals surface area contributed by atoms with Gasteiger partial charge in [0.25, 0.3) is 5.91 Å². The van der Waals surface area contributed by atoms with Gasteiger partial charge in [-0.05, 0) is 25.1 Å². The van der Waals surface area contributed by atoms with Gasteiger partial charge in [-0.25, -0.2) is 5.43 Å². The maximum atomic E-state index is 11.7. The lowest BCUT2D eigenvalue weighted by atomic mass is 10.2. The highest BCUT2D eigenvalue weighted by Gasteiger charge is 2.07. The SMILES string of the molecule is Cc1c(C=NNC(=O)c2cccnc2)cc(C#N)n1C. The molecule has 0 unspecified atom stereocenters. The van der Waals surface area contributed by atoms with E-state index in [1.165, 1.54) is 12.4 Å². The normalized spacial score (nSPS) is 10.4. The molecule has 2 rings (SSSR count). The lowest BCUT2D eigenvalue weighted by molar-refractivity contribution is 0.0955. The molecule has 0 atom stereocenters. The summed E-state index contributed by atoms with van der Waals surface area (Å²) in [6.07, 6.45) is 4.58. The number of hydrogen-bond acceptors (Lipinski definition) is 4. The van der Waals surface area contributed by atoms with Gasteiger partial charge < -0.3 is 4.57 Å². The summed E-state index contributed by atoms with van der Waals surface area (Å²) in [6.45, 7) is 1.88. The van der Waals surface area contributed by atoms with Crippen molar-refractivity contribution in [2.24, 2.45) is 12.1 Å². The summed E-state index contributed by atoms with van der Waals surface area (Å²) >= 11 is 0. The highest BCUT2D eigenvalue weighted by Crippen LogP contribution is 2.10. The van der Waals surface area contributed by atoms with Crippen LogP contribution in [0.4, 0.5) is 0 Å². The van der Waals surface area contributed by atoms with E-state index in [1.54, 1.807) is 36.0 Å². The maximum Gasteiger partial charge on any atom is 0.272 e. The number of nitriles is 1. The fourth-order valence-electron chi connectivity index (χ4n) is 1.68. The van der Waals surface area contributed by atoms with Crippen LogP contribution in [0, 0.1) is 18.3 Å². The van der Waals surface area contributed by atoms with E-state index in [9.17, 15) is 4.79 Å². The Morgan fingerprint density at radius 1 is 1.60 bits per heavy atom. The van der Waals surface area contributed by atoms with Crippen molar-refractivity contribution in [1.82, 2.24) is 15.0 Å². The molecule has 6 heteroatoms. The predicted octanol–water partition coefficient (Wildman–Crippen LogP) is 1.36. The number of amides is 1. The first kappa shape index (κ1) is 13.5. The molecule has 0 aliphatic carbocycles. The van der Waals surface area contributed by atoms with Crippen LogP contribution < -0.4 is 5.43 Å². The van der Waals surface area contributed by atoms with Gasteiger partial charge in [-0.2, -0.15) is 10.4 Å². The lowest BCUT2D eigenvalue weighted by Crippen LogP contribution is -2.17. The topological polar surface area (TPSA) is 83.1 Å². The minimum absolute atomic E-state index is 0.330. The van der Waals surface area contributed by atoms with Gasteiger partial charge in [0.1, 0.15) is 11.8 Å². The number of aromatic nitrogens is 2. The molecular weight excluding hydrogens is 254 g/mol. The predicted molar refractivity (Wildman–Crippen MR) is 74.2 cm³/mol. The molecule has 0 spiro atoms. The molecule has 2 aromatic heterocycles. The van der Waals surface area contributed by atoms with Crippen molar-refractivity contribution in [3.63, 3.8) is 0 Å². The van der Waals surface area contributed by atoms with E-state index in [0.717, 1.165) is 11.3 Å². The molecule has 0 bridgehead atoms. The molecule has 1 N–H and O–H groups in total. The molecule has 2 aromatic rings. The van der Waals surface area contributed by atoms with Crippen LogP contribution in [0.1, 0.15) is 27.3 Å². The number of carbonyl (C=O) groups is 1. The minimum atomic E-state index is -0.330. The van der Waals surface area contributed by atoms with E-state index in [4.69, 9.17) is 5.26 Å². The van der Waals surface area contributed by atoms with E-state index in [0.29, 0.717) is 11.3 Å². The van der Waals surface area contributed by atoms with E-state index in [-0.39, 0.29) is 5.91 Å². The summed E-state index contributed by atoms with van der Waals surface area (Å²) in [5, 5.41) is 12.8. The highest BCUT2D eigenvalue weighted by atomic mass is 16.2. The molecule has 2 heterocycles. The Morgan fingerprint density at radius 3 is 3.00 bits per heavy atom. The standard InChI is InChI=1S/C14H13N5O/c1-10-12(6-13(7-15)19(10)2)9-17-18-14(20)11-4-3-5-16-8-11/h3-6,8-9H,1-2H3,(H,18,20). The third kappa shape index (κ3) is 2.72. The molecule has 100 valence electrons. The molecule has 0 aromatic carbocycles. The number of nitrogens with one attached hydrogen (secondary N) is 1. The maximum absolute atomic E-state index is 11.7. The summed E-state index contributed by atoms with van der Waals surface area (Å²) in [5.41, 5.74) is 5.09. The Labute approximate surface area is 116 Å². The van der Waals surface area contributed by atoms with Crippen LogP contribution in [-0.4, -0.2) is 21.7 Å². The first-order chi connectivity index (χ1) is 9.63. The van der Waals surface area contributed by atoms with Crippen LogP contribution >= 0.6 is 0 Å². The smallest absolute Gasteiger partial charge is 0.272 e. The van der Waals surface area contributed by atoms with E-state index >= 15 is 0 Å². The molecule has 1 amide bonds. The summed E-state index contributed by atoms with van der Waals surface area (Å²) in [7, 11) is 1.81. The third-order valence-corrected chi connectivity index (χ3v) is 2.98.